The van der Waals surface area contributed by atoms with E-state index in [-0.39, 0.29) is 11.5 Å². The Hall–Kier alpha value is -2.51. The molecule has 4 rings (SSSR count). The van der Waals surface area contributed by atoms with Crippen LogP contribution in [0.2, 0.25) is 0 Å². The number of rotatable bonds is 6. The number of hydrogen-bond acceptors (Lipinski definition) is 4. The van der Waals surface area contributed by atoms with E-state index in [2.05, 4.69) is 42.6 Å². The first-order valence-corrected chi connectivity index (χ1v) is 8.74. The van der Waals surface area contributed by atoms with Crippen LogP contribution in [0.4, 0.5) is 0 Å². The van der Waals surface area contributed by atoms with Gasteiger partial charge >= 0.3 is 0 Å². The predicted octanol–water partition coefficient (Wildman–Crippen LogP) is 3.58. The van der Waals surface area contributed by atoms with Gasteiger partial charge in [-0.05, 0) is 41.7 Å². The number of methoxy groups -OCH3 is 1. The van der Waals surface area contributed by atoms with Crippen LogP contribution < -0.4 is 4.74 Å². The maximum absolute atomic E-state index is 8.79. The minimum Gasteiger partial charge on any atom is -0.497 e. The van der Waals surface area contributed by atoms with E-state index in [1.807, 2.05) is 12.1 Å². The zero-order valence-electron chi connectivity index (χ0n) is 14.4. The number of nitrogens with zero attached hydrogens (tertiary/aromatic N) is 2. The van der Waals surface area contributed by atoms with Crippen LogP contribution >= 0.6 is 0 Å². The summed E-state index contributed by atoms with van der Waals surface area (Å²) in [6.07, 6.45) is 4.73. The molecule has 2 aliphatic rings. The number of benzene rings is 2. The van der Waals surface area contributed by atoms with Gasteiger partial charge in [0.05, 0.1) is 32.9 Å². The van der Waals surface area contributed by atoms with E-state index in [0.717, 1.165) is 31.0 Å². The van der Waals surface area contributed by atoms with Crippen LogP contribution in [-0.4, -0.2) is 37.8 Å². The summed E-state index contributed by atoms with van der Waals surface area (Å²) in [7, 11) is 1.69. The van der Waals surface area contributed by atoms with Crippen molar-refractivity contribution in [2.75, 3.05) is 26.8 Å². The lowest BCUT2D eigenvalue weighted by Gasteiger charge is -2.35. The Morgan fingerprint density at radius 1 is 1.12 bits per heavy atom. The highest BCUT2D eigenvalue weighted by atomic mass is 16.5. The van der Waals surface area contributed by atoms with E-state index in [1.165, 1.54) is 24.0 Å². The number of ether oxygens (including phenoxy) is 2. The largest absolute Gasteiger partial charge is 0.497 e. The smallest absolute Gasteiger partial charge is 0.179 e. The van der Waals surface area contributed by atoms with Crippen molar-refractivity contribution >= 4 is 0 Å². The van der Waals surface area contributed by atoms with Crippen molar-refractivity contribution in [3.63, 3.8) is 0 Å². The molecule has 0 N–H and O–H groups in total. The first-order valence-electron chi connectivity index (χ1n) is 8.74. The average Bonchev–Trinajstić information content (AvgIpc) is 3.42. The third-order valence-corrected chi connectivity index (χ3v) is 5.34. The molecule has 1 heterocycles. The van der Waals surface area contributed by atoms with Crippen LogP contribution in [0.3, 0.4) is 0 Å². The lowest BCUT2D eigenvalue weighted by atomic mass is 9.94. The highest BCUT2D eigenvalue weighted by molar-refractivity contribution is 5.65. The lowest BCUT2D eigenvalue weighted by Crippen LogP contribution is -2.50. The monoisotopic (exact) mass is 334 g/mol. The second kappa shape index (κ2) is 6.42. The third kappa shape index (κ3) is 3.20. The van der Waals surface area contributed by atoms with Gasteiger partial charge in [0.15, 0.2) is 6.19 Å². The zero-order valence-corrected chi connectivity index (χ0v) is 14.4. The van der Waals surface area contributed by atoms with Crippen molar-refractivity contribution in [3.05, 3.63) is 54.1 Å². The van der Waals surface area contributed by atoms with Gasteiger partial charge in [-0.2, -0.15) is 5.26 Å². The van der Waals surface area contributed by atoms with Gasteiger partial charge in [-0.3, -0.25) is 0 Å². The Balaban J connectivity index is 1.42. The molecular weight excluding hydrogens is 312 g/mol. The Labute approximate surface area is 148 Å². The first kappa shape index (κ1) is 16.0. The zero-order chi connectivity index (χ0) is 17.3. The normalized spacial score (nSPS) is 18.3. The molecule has 0 unspecified atom stereocenters. The van der Waals surface area contributed by atoms with Crippen molar-refractivity contribution in [2.45, 2.75) is 24.4 Å². The number of nitriles is 1. The van der Waals surface area contributed by atoms with E-state index in [1.54, 1.807) is 12.0 Å². The predicted molar refractivity (Wildman–Crippen MR) is 96.3 cm³/mol. The summed E-state index contributed by atoms with van der Waals surface area (Å²) in [5.41, 5.74) is 3.90. The molecule has 0 radical (unpaired) electrons. The summed E-state index contributed by atoms with van der Waals surface area (Å²) in [5.74, 6) is 0.876. The molecule has 2 aromatic carbocycles. The number of hydrogen-bond donors (Lipinski definition) is 0. The molecule has 4 heteroatoms. The summed E-state index contributed by atoms with van der Waals surface area (Å²) >= 11 is 0. The summed E-state index contributed by atoms with van der Waals surface area (Å²) in [6, 6.07) is 17.0. The molecule has 0 aromatic heterocycles. The molecule has 1 aliphatic heterocycles. The topological polar surface area (TPSA) is 45.5 Å². The average molecular weight is 334 g/mol. The summed E-state index contributed by atoms with van der Waals surface area (Å²) < 4.78 is 11.3. The van der Waals surface area contributed by atoms with E-state index >= 15 is 0 Å². The third-order valence-electron chi connectivity index (χ3n) is 5.34. The van der Waals surface area contributed by atoms with Crippen molar-refractivity contribution in [3.8, 4) is 23.1 Å². The molecule has 0 amide bonds. The van der Waals surface area contributed by atoms with Crippen molar-refractivity contribution in [2.24, 2.45) is 0 Å². The lowest BCUT2D eigenvalue weighted by molar-refractivity contribution is -0.0393. The molecule has 1 saturated carbocycles. The summed E-state index contributed by atoms with van der Waals surface area (Å²) in [6.45, 7) is 2.23. The maximum Gasteiger partial charge on any atom is 0.179 e. The molecule has 2 aromatic rings. The fourth-order valence-electron chi connectivity index (χ4n) is 3.39. The molecule has 1 aliphatic carbocycles. The van der Waals surface area contributed by atoms with Crippen LogP contribution in [0.1, 0.15) is 18.4 Å². The second-order valence-electron chi connectivity index (χ2n) is 7.03. The molecule has 0 atom stereocenters. The summed E-state index contributed by atoms with van der Waals surface area (Å²) in [4.78, 5) is 1.73. The van der Waals surface area contributed by atoms with Crippen molar-refractivity contribution in [1.29, 1.82) is 5.26 Å². The van der Waals surface area contributed by atoms with E-state index in [4.69, 9.17) is 14.7 Å². The van der Waals surface area contributed by atoms with Crippen LogP contribution in [0.5, 0.6) is 5.75 Å². The molecule has 25 heavy (non-hydrogen) atoms. The minimum atomic E-state index is 0.181. The van der Waals surface area contributed by atoms with Gasteiger partial charge in [0.1, 0.15) is 5.75 Å². The van der Waals surface area contributed by atoms with Gasteiger partial charge in [-0.15, -0.1) is 0 Å². The Kier molecular flexibility index (Phi) is 4.10. The van der Waals surface area contributed by atoms with Crippen LogP contribution in [0.25, 0.3) is 11.1 Å². The molecule has 2 fully saturated rings. The molecule has 4 nitrogen and oxygen atoms in total. The molecule has 0 spiro atoms. The van der Waals surface area contributed by atoms with Gasteiger partial charge < -0.3 is 14.4 Å². The minimum absolute atomic E-state index is 0.181. The highest BCUT2D eigenvalue weighted by Gasteiger charge is 2.45. The van der Waals surface area contributed by atoms with Gasteiger partial charge in [-0.1, -0.05) is 36.4 Å². The van der Waals surface area contributed by atoms with E-state index in [9.17, 15) is 0 Å². The summed E-state index contributed by atoms with van der Waals surface area (Å²) in [5, 5.41) is 8.79. The first-order chi connectivity index (χ1) is 12.2. The molecule has 128 valence electrons. The standard InChI is InChI=1S/C21H22N2O2/c1-24-19-4-2-3-17(11-19)16-5-7-18(8-6-16)21(9-10-21)14-25-20-12-23(13-20)15-22/h2-8,11,20H,9-10,12-14H2,1H3. The molecule has 0 bridgehead atoms. The SMILES string of the molecule is COc1cccc(-c2ccc(C3(COC4CN(C#N)C4)CC3)cc2)c1. The molecule has 1 saturated heterocycles. The highest BCUT2D eigenvalue weighted by Crippen LogP contribution is 2.49. The fraction of sp³-hybridized carbons (Fsp3) is 0.381. The van der Waals surface area contributed by atoms with E-state index in [0.29, 0.717) is 0 Å². The van der Waals surface area contributed by atoms with Gasteiger partial charge in [0, 0.05) is 5.41 Å². The van der Waals surface area contributed by atoms with Gasteiger partial charge in [0.2, 0.25) is 0 Å². The van der Waals surface area contributed by atoms with Crippen LogP contribution in [0.15, 0.2) is 48.5 Å². The fourth-order valence-corrected chi connectivity index (χ4v) is 3.39. The van der Waals surface area contributed by atoms with Crippen LogP contribution in [-0.2, 0) is 10.2 Å². The quantitative estimate of drug-likeness (QED) is 0.758. The van der Waals surface area contributed by atoms with Gasteiger partial charge in [-0.25, -0.2) is 0 Å². The number of likely N-dealkylation sites (tertiary alicyclic amines) is 1. The second-order valence-corrected chi connectivity index (χ2v) is 7.03. The Morgan fingerprint density at radius 2 is 1.88 bits per heavy atom. The van der Waals surface area contributed by atoms with E-state index < -0.39 is 0 Å². The van der Waals surface area contributed by atoms with Crippen LogP contribution in [0, 0.1) is 11.5 Å². The Bertz CT molecular complexity index is 784. The van der Waals surface area contributed by atoms with Crippen molar-refractivity contribution < 1.29 is 9.47 Å². The van der Waals surface area contributed by atoms with Crippen molar-refractivity contribution in [1.82, 2.24) is 4.90 Å². The molecular formula is C21H22N2O2. The van der Waals surface area contributed by atoms with Gasteiger partial charge in [0.25, 0.3) is 0 Å². The maximum atomic E-state index is 8.79. The Morgan fingerprint density at radius 3 is 2.52 bits per heavy atom.